The van der Waals surface area contributed by atoms with E-state index in [4.69, 9.17) is 38.6 Å². The van der Waals surface area contributed by atoms with Gasteiger partial charge in [0, 0.05) is 72.5 Å². The van der Waals surface area contributed by atoms with Crippen molar-refractivity contribution >= 4 is 81.2 Å². The fourth-order valence-corrected chi connectivity index (χ4v) is 11.3. The van der Waals surface area contributed by atoms with Crippen LogP contribution < -0.4 is 71.2 Å². The number of primary amides is 2. The number of nitrogens with zero attached hydrogens (tertiary/aromatic N) is 6. The lowest BCUT2D eigenvalue weighted by atomic mass is 9.91. The number of nitrogens with two attached hydrogens (primary N) is 5. The zero-order valence-corrected chi connectivity index (χ0v) is 51.7. The second-order valence-electron chi connectivity index (χ2n) is 20.9. The predicted molar refractivity (Wildman–Crippen MR) is 334 cm³/mol. The number of hydrogen-bond acceptors (Lipinski definition) is 24. The minimum absolute atomic E-state index is 0.000666. The number of benzene rings is 1. The summed E-state index contributed by atoms with van der Waals surface area (Å²) in [5.41, 5.74) is 30.9. The number of nitrogens with one attached hydrogen (secondary N) is 9. The largest absolute Gasteiger partial charge is 0.391 e. The Morgan fingerprint density at radius 1 is 0.716 bits per heavy atom. The van der Waals surface area contributed by atoms with Crippen molar-refractivity contribution in [2.24, 2.45) is 28.9 Å². The number of rotatable bonds is 39. The summed E-state index contributed by atoms with van der Waals surface area (Å²) in [7, 11) is 0. The first-order valence-electron chi connectivity index (χ1n) is 28.8. The molecule has 21 N–H and O–H groups in total. The van der Waals surface area contributed by atoms with Crippen LogP contribution in [0.2, 0.25) is 0 Å². The zero-order valence-electron chi connectivity index (χ0n) is 49.3. The van der Waals surface area contributed by atoms with E-state index in [0.29, 0.717) is 62.9 Å². The number of imidazole rings is 1. The molecule has 0 bridgehead atoms. The van der Waals surface area contributed by atoms with Gasteiger partial charge in [0.05, 0.1) is 47.6 Å². The first kappa shape index (κ1) is 69.3. The van der Waals surface area contributed by atoms with Crippen LogP contribution in [-0.2, 0) is 43.2 Å². The average Bonchev–Trinajstić information content (AvgIpc) is 3.90. The average molecular weight is 1270 g/mol. The van der Waals surface area contributed by atoms with Gasteiger partial charge in [0.2, 0.25) is 29.5 Å². The molecular weight excluding hydrogens is 1190 g/mol. The minimum atomic E-state index is -1.61. The van der Waals surface area contributed by atoms with Crippen molar-refractivity contribution in [1.82, 2.24) is 77.4 Å². The van der Waals surface area contributed by atoms with Crippen LogP contribution in [0, 0.1) is 12.8 Å². The SMILES string of the molecule is Cc1c(N)nc([C@H](CC(N)=O)NC[C@H](N)C(N)=O)nc1C(=O)N[C@@H](Cc1cnc[nH]1)C(=O)N[C@H](Cc1ccccc1)[C@@H](O)[C@H](C)C(=O)N[C@H](C(=O)NCCc1nc(-c2nc(-c3nc(C(=O)NCCCNCCCCNCCCN)cs3)cs2)cs1)[C@@H](C)O. The van der Waals surface area contributed by atoms with Crippen LogP contribution >= 0.6 is 34.0 Å². The summed E-state index contributed by atoms with van der Waals surface area (Å²) in [5.74, 6) is -6.64. The van der Waals surface area contributed by atoms with Crippen LogP contribution in [0.4, 0.5) is 5.82 Å². The van der Waals surface area contributed by atoms with Crippen molar-refractivity contribution < 1.29 is 43.8 Å². The molecule has 476 valence electrons. The maximum absolute atomic E-state index is 14.5. The molecule has 5 heterocycles. The van der Waals surface area contributed by atoms with Crippen molar-refractivity contribution in [3.63, 3.8) is 0 Å². The Hall–Kier alpha value is -7.79. The number of aromatic nitrogens is 7. The van der Waals surface area contributed by atoms with Crippen LogP contribution in [0.1, 0.15) is 101 Å². The van der Waals surface area contributed by atoms with Crippen LogP contribution in [0.5, 0.6) is 0 Å². The standard InChI is InChI=1S/C56H80N20O9S3/c1-30-44(74-49(76-47(30)60)37(23-42(59)78)67-25-35(58)48(61)80)54(85)71-38(22-34-24-64-29-68-34)52(83)70-36(21-33-11-5-4-6-12-33)46(79)31(2)50(81)75-45(32(3)77)53(84)66-20-13-43-69-40(27-86-43)55-73-41(28-88-55)56-72-39(26-87-56)51(82)65-19-10-18-63-16-8-7-15-62-17-9-14-57/h4-6,11-12,24,26-29,31-32,35-38,45-46,62-63,67,77,79H,7-10,13-23,25,57-58H2,1-3H3,(H2,59,78)(H2,61,80)(H,64,68)(H,65,82)(H,66,84)(H,70,83)(H,71,85)(H,75,81)(H2,60,74,76)/t31-,32+,35-,36+,37-,38-,45-,46-/m0/s1. The Bertz CT molecular complexity index is 3220. The number of hydrogen-bond donors (Lipinski definition) is 16. The van der Waals surface area contributed by atoms with Crippen molar-refractivity contribution in [3.05, 3.63) is 98.0 Å². The smallest absolute Gasteiger partial charge is 0.271 e. The molecule has 6 aromatic rings. The van der Waals surface area contributed by atoms with Crippen molar-refractivity contribution in [2.45, 2.75) is 115 Å². The summed E-state index contributed by atoms with van der Waals surface area (Å²) < 4.78 is 0. The monoisotopic (exact) mass is 1270 g/mol. The second-order valence-corrected chi connectivity index (χ2v) is 23.6. The van der Waals surface area contributed by atoms with E-state index in [9.17, 15) is 43.8 Å². The molecule has 8 atom stereocenters. The summed E-state index contributed by atoms with van der Waals surface area (Å²) in [6.45, 7) is 8.93. The molecule has 88 heavy (non-hydrogen) atoms. The summed E-state index contributed by atoms with van der Waals surface area (Å²) in [4.78, 5) is 123. The van der Waals surface area contributed by atoms with Gasteiger partial charge in [0.25, 0.3) is 11.8 Å². The molecule has 0 aliphatic heterocycles. The van der Waals surface area contributed by atoms with E-state index in [1.807, 2.05) is 10.8 Å². The number of carbonyl (C=O) groups is 7. The van der Waals surface area contributed by atoms with Crippen LogP contribution in [0.25, 0.3) is 21.4 Å². The van der Waals surface area contributed by atoms with E-state index in [1.165, 1.54) is 67.3 Å². The van der Waals surface area contributed by atoms with E-state index in [-0.39, 0.29) is 61.2 Å². The fraction of sp³-hybridized carbons (Fsp3) is 0.482. The highest BCUT2D eigenvalue weighted by Crippen LogP contribution is 2.31. The maximum Gasteiger partial charge on any atom is 0.271 e. The number of amides is 7. The molecule has 1 aromatic carbocycles. The number of thiazole rings is 3. The Balaban J connectivity index is 1.04. The lowest BCUT2D eigenvalue weighted by Crippen LogP contribution is -2.58. The second kappa shape index (κ2) is 35.3. The Morgan fingerprint density at radius 2 is 1.40 bits per heavy atom. The summed E-state index contributed by atoms with van der Waals surface area (Å²) in [6, 6.07) is 2.56. The molecule has 0 unspecified atom stereocenters. The van der Waals surface area contributed by atoms with Gasteiger partial charge in [-0.25, -0.2) is 29.9 Å². The van der Waals surface area contributed by atoms with Gasteiger partial charge in [0.15, 0.2) is 0 Å². The number of unbranched alkanes of at least 4 members (excludes halogenated alkanes) is 1. The van der Waals surface area contributed by atoms with E-state index in [0.717, 1.165) is 51.9 Å². The van der Waals surface area contributed by atoms with Crippen molar-refractivity contribution in [2.75, 3.05) is 58.1 Å². The van der Waals surface area contributed by atoms with Gasteiger partial charge < -0.3 is 86.4 Å². The molecule has 29 nitrogen and oxygen atoms in total. The third-order valence-electron chi connectivity index (χ3n) is 13.9. The van der Waals surface area contributed by atoms with Gasteiger partial charge in [-0.2, -0.15) is 0 Å². The molecule has 0 fully saturated rings. The number of aliphatic hydroxyl groups is 2. The predicted octanol–water partition coefficient (Wildman–Crippen LogP) is -1.17. The van der Waals surface area contributed by atoms with E-state index in [2.05, 4.69) is 67.5 Å². The Morgan fingerprint density at radius 3 is 2.08 bits per heavy atom. The van der Waals surface area contributed by atoms with Gasteiger partial charge >= 0.3 is 0 Å². The summed E-state index contributed by atoms with van der Waals surface area (Å²) >= 11 is 4.06. The third kappa shape index (κ3) is 21.5. The highest BCUT2D eigenvalue weighted by molar-refractivity contribution is 7.16. The molecule has 6 rings (SSSR count). The lowest BCUT2D eigenvalue weighted by Gasteiger charge is -2.31. The van der Waals surface area contributed by atoms with Gasteiger partial charge in [0.1, 0.15) is 56.5 Å². The number of aromatic amines is 1. The first-order valence-corrected chi connectivity index (χ1v) is 31.4. The molecule has 0 aliphatic rings. The quantitative estimate of drug-likeness (QED) is 0.0202. The Labute approximate surface area is 520 Å². The molecular formula is C56H80N20O9S3. The van der Waals surface area contributed by atoms with Crippen LogP contribution in [-0.4, -0.2) is 175 Å². The van der Waals surface area contributed by atoms with Gasteiger partial charge in [-0.15, -0.1) is 34.0 Å². The lowest BCUT2D eigenvalue weighted by molar-refractivity contribution is -0.136. The molecule has 5 aromatic heterocycles. The van der Waals surface area contributed by atoms with Crippen LogP contribution in [0.15, 0.2) is 59.0 Å². The van der Waals surface area contributed by atoms with E-state index < -0.39 is 83.8 Å². The Kier molecular flexibility index (Phi) is 27.8. The fourth-order valence-electron chi connectivity index (χ4n) is 8.80. The van der Waals surface area contributed by atoms with Crippen LogP contribution in [0.3, 0.4) is 0 Å². The summed E-state index contributed by atoms with van der Waals surface area (Å²) in [6.07, 6.45) is 3.51. The van der Waals surface area contributed by atoms with Gasteiger partial charge in [-0.3, -0.25) is 33.6 Å². The van der Waals surface area contributed by atoms with Crippen molar-refractivity contribution in [1.29, 1.82) is 0 Å². The van der Waals surface area contributed by atoms with E-state index in [1.54, 1.807) is 35.7 Å². The molecule has 7 amide bonds. The third-order valence-corrected chi connectivity index (χ3v) is 16.5. The molecule has 32 heteroatoms. The number of aliphatic hydroxyl groups excluding tert-OH is 2. The topological polar surface area (TPSA) is 479 Å². The number of anilines is 1. The molecule has 0 saturated heterocycles. The maximum atomic E-state index is 14.5. The highest BCUT2D eigenvalue weighted by atomic mass is 32.1. The molecule has 0 radical (unpaired) electrons. The molecule has 0 spiro atoms. The van der Waals surface area contributed by atoms with Crippen molar-refractivity contribution in [3.8, 4) is 21.4 Å². The van der Waals surface area contributed by atoms with Gasteiger partial charge in [-0.05, 0) is 84.2 Å². The summed E-state index contributed by atoms with van der Waals surface area (Å²) in [5, 5.41) is 53.5. The zero-order chi connectivity index (χ0) is 63.7. The normalized spacial score (nSPS) is 14.1. The highest BCUT2D eigenvalue weighted by Gasteiger charge is 2.36. The molecule has 0 aliphatic carbocycles. The minimum Gasteiger partial charge on any atom is -0.391 e. The molecule has 0 saturated carbocycles. The number of carbonyl (C=O) groups excluding carboxylic acids is 7. The number of H-pyrrole nitrogens is 1. The first-order chi connectivity index (χ1) is 42.2. The number of nitrogen functional groups attached to an aromatic ring is 1. The van der Waals surface area contributed by atoms with Gasteiger partial charge in [-0.1, -0.05) is 37.3 Å². The van der Waals surface area contributed by atoms with E-state index >= 15 is 0 Å².